The molecular formula is C25H34N2O2. The molecular weight excluding hydrogens is 360 g/mol. The molecule has 1 fully saturated rings. The number of piperidine rings is 1. The molecule has 1 aliphatic heterocycles. The number of likely N-dealkylation sites (N-methyl/N-ethyl adjacent to an activating group) is 1. The monoisotopic (exact) mass is 394 g/mol. The summed E-state index contributed by atoms with van der Waals surface area (Å²) in [6.45, 7) is 4.21. The van der Waals surface area contributed by atoms with Gasteiger partial charge in [0.15, 0.2) is 0 Å². The molecule has 4 nitrogen and oxygen atoms in total. The van der Waals surface area contributed by atoms with Gasteiger partial charge < -0.3 is 14.9 Å². The minimum atomic E-state index is -0.724. The molecule has 4 heteroatoms. The zero-order valence-electron chi connectivity index (χ0n) is 17.9. The molecule has 2 aromatic carbocycles. The Balaban J connectivity index is 2.01. The number of likely N-dealkylation sites (tertiary alicyclic amines) is 1. The van der Waals surface area contributed by atoms with Gasteiger partial charge in [-0.25, -0.2) is 0 Å². The van der Waals surface area contributed by atoms with Crippen LogP contribution in [0.5, 0.6) is 0 Å². The minimum Gasteiger partial charge on any atom is -0.396 e. The molecule has 2 unspecified atom stereocenters. The Morgan fingerprint density at radius 3 is 2.07 bits per heavy atom. The van der Waals surface area contributed by atoms with Gasteiger partial charge in [0.25, 0.3) is 0 Å². The van der Waals surface area contributed by atoms with Gasteiger partial charge in [0.1, 0.15) is 5.41 Å². The Hall–Kier alpha value is -2.17. The first-order valence-electron chi connectivity index (χ1n) is 10.7. The van der Waals surface area contributed by atoms with Crippen molar-refractivity contribution in [2.75, 3.05) is 33.8 Å². The topological polar surface area (TPSA) is 43.8 Å². The van der Waals surface area contributed by atoms with E-state index in [4.69, 9.17) is 0 Å². The van der Waals surface area contributed by atoms with E-state index in [-0.39, 0.29) is 12.5 Å². The van der Waals surface area contributed by atoms with E-state index in [2.05, 4.69) is 36.1 Å². The maximum atomic E-state index is 13.7. The standard InChI is InChI=1S/C25H34N2O2/c1-20-14-15-21(19-28)18-27(20)17-16-25(24(29)26(2)3,22-10-6-4-7-11-22)23-12-8-5-9-13-23/h4-13,20-21,28H,14-19H2,1-3H3. The van der Waals surface area contributed by atoms with Crippen LogP contribution in [0.3, 0.4) is 0 Å². The van der Waals surface area contributed by atoms with Crippen LogP contribution >= 0.6 is 0 Å². The fourth-order valence-corrected chi connectivity index (χ4v) is 4.67. The first kappa shape index (κ1) is 21.5. The quantitative estimate of drug-likeness (QED) is 0.781. The molecule has 1 saturated heterocycles. The first-order chi connectivity index (χ1) is 14.0. The number of benzene rings is 2. The summed E-state index contributed by atoms with van der Waals surface area (Å²) in [6.07, 6.45) is 2.88. The van der Waals surface area contributed by atoms with Crippen molar-refractivity contribution in [3.05, 3.63) is 71.8 Å². The molecule has 1 N–H and O–H groups in total. The zero-order chi connectivity index (χ0) is 20.9. The van der Waals surface area contributed by atoms with E-state index in [9.17, 15) is 9.90 Å². The predicted octanol–water partition coefficient (Wildman–Crippen LogP) is 3.54. The summed E-state index contributed by atoms with van der Waals surface area (Å²) in [7, 11) is 3.68. The number of hydrogen-bond donors (Lipinski definition) is 1. The second-order valence-electron chi connectivity index (χ2n) is 8.56. The molecule has 0 bridgehead atoms. The fraction of sp³-hybridized carbons (Fsp3) is 0.480. The average molecular weight is 395 g/mol. The molecule has 0 spiro atoms. The van der Waals surface area contributed by atoms with Crippen molar-refractivity contribution in [1.29, 1.82) is 0 Å². The summed E-state index contributed by atoms with van der Waals surface area (Å²) in [4.78, 5) is 17.9. The van der Waals surface area contributed by atoms with E-state index in [1.807, 2.05) is 50.5 Å². The van der Waals surface area contributed by atoms with Crippen molar-refractivity contribution in [3.63, 3.8) is 0 Å². The number of rotatable bonds is 7. The van der Waals surface area contributed by atoms with Crippen molar-refractivity contribution in [2.24, 2.45) is 5.92 Å². The predicted molar refractivity (Wildman–Crippen MR) is 118 cm³/mol. The SMILES string of the molecule is CC1CCC(CO)CN1CCC(C(=O)N(C)C)(c1ccccc1)c1ccccc1. The average Bonchev–Trinajstić information content (AvgIpc) is 2.76. The van der Waals surface area contributed by atoms with Crippen LogP contribution in [-0.2, 0) is 10.2 Å². The molecule has 3 rings (SSSR count). The number of hydrogen-bond acceptors (Lipinski definition) is 3. The van der Waals surface area contributed by atoms with E-state index in [1.54, 1.807) is 4.90 Å². The van der Waals surface area contributed by atoms with Gasteiger partial charge in [-0.2, -0.15) is 0 Å². The van der Waals surface area contributed by atoms with E-state index in [1.165, 1.54) is 0 Å². The molecule has 1 heterocycles. The van der Waals surface area contributed by atoms with E-state index in [0.29, 0.717) is 18.4 Å². The molecule has 2 aromatic rings. The van der Waals surface area contributed by atoms with Gasteiger partial charge in [-0.3, -0.25) is 4.79 Å². The largest absolute Gasteiger partial charge is 0.396 e. The fourth-order valence-electron chi connectivity index (χ4n) is 4.67. The smallest absolute Gasteiger partial charge is 0.237 e. The highest BCUT2D eigenvalue weighted by Crippen LogP contribution is 2.38. The molecule has 156 valence electrons. The number of aliphatic hydroxyl groups is 1. The van der Waals surface area contributed by atoms with Gasteiger partial charge in [0.05, 0.1) is 0 Å². The number of carbonyl (C=O) groups is 1. The van der Waals surface area contributed by atoms with Gasteiger partial charge in [-0.15, -0.1) is 0 Å². The molecule has 0 radical (unpaired) electrons. The molecule has 29 heavy (non-hydrogen) atoms. The Bertz CT molecular complexity index is 736. The van der Waals surface area contributed by atoms with Crippen LogP contribution in [0, 0.1) is 5.92 Å². The van der Waals surface area contributed by atoms with Crippen molar-refractivity contribution < 1.29 is 9.90 Å². The van der Waals surface area contributed by atoms with Crippen LogP contribution < -0.4 is 0 Å². The molecule has 0 saturated carbocycles. The lowest BCUT2D eigenvalue weighted by Crippen LogP contribution is -2.49. The summed E-state index contributed by atoms with van der Waals surface area (Å²) < 4.78 is 0. The van der Waals surface area contributed by atoms with Crippen molar-refractivity contribution in [3.8, 4) is 0 Å². The second kappa shape index (κ2) is 9.55. The van der Waals surface area contributed by atoms with Crippen LogP contribution in [-0.4, -0.2) is 60.6 Å². The number of amides is 1. The van der Waals surface area contributed by atoms with Crippen LogP contribution in [0.4, 0.5) is 0 Å². The third-order valence-electron chi connectivity index (χ3n) is 6.45. The maximum Gasteiger partial charge on any atom is 0.237 e. The third kappa shape index (κ3) is 4.54. The lowest BCUT2D eigenvalue weighted by Gasteiger charge is -2.41. The van der Waals surface area contributed by atoms with Crippen LogP contribution in [0.25, 0.3) is 0 Å². The number of nitrogens with zero attached hydrogens (tertiary/aromatic N) is 2. The second-order valence-corrected chi connectivity index (χ2v) is 8.56. The number of aliphatic hydroxyl groups excluding tert-OH is 1. The van der Waals surface area contributed by atoms with E-state index >= 15 is 0 Å². The first-order valence-corrected chi connectivity index (χ1v) is 10.7. The summed E-state index contributed by atoms with van der Waals surface area (Å²) >= 11 is 0. The molecule has 2 atom stereocenters. The molecule has 0 aliphatic carbocycles. The normalized spacial score (nSPS) is 20.4. The van der Waals surface area contributed by atoms with Gasteiger partial charge in [-0.1, -0.05) is 60.7 Å². The van der Waals surface area contributed by atoms with Crippen LogP contribution in [0.1, 0.15) is 37.3 Å². The number of carbonyl (C=O) groups excluding carboxylic acids is 1. The lowest BCUT2D eigenvalue weighted by molar-refractivity contribution is -0.133. The minimum absolute atomic E-state index is 0.110. The van der Waals surface area contributed by atoms with Crippen molar-refractivity contribution >= 4 is 5.91 Å². The van der Waals surface area contributed by atoms with Crippen LogP contribution in [0.15, 0.2) is 60.7 Å². The molecule has 1 aliphatic rings. The van der Waals surface area contributed by atoms with Gasteiger partial charge in [-0.05, 0) is 43.2 Å². The maximum absolute atomic E-state index is 13.7. The zero-order valence-corrected chi connectivity index (χ0v) is 17.9. The Labute approximate surface area is 175 Å². The Morgan fingerprint density at radius 2 is 1.59 bits per heavy atom. The van der Waals surface area contributed by atoms with Gasteiger partial charge >= 0.3 is 0 Å². The highest BCUT2D eigenvalue weighted by molar-refractivity contribution is 5.91. The molecule has 0 aromatic heterocycles. The Morgan fingerprint density at radius 1 is 1.03 bits per heavy atom. The van der Waals surface area contributed by atoms with E-state index < -0.39 is 5.41 Å². The summed E-state index contributed by atoms with van der Waals surface area (Å²) in [5, 5.41) is 9.65. The van der Waals surface area contributed by atoms with E-state index in [0.717, 1.165) is 37.1 Å². The highest BCUT2D eigenvalue weighted by atomic mass is 16.3. The van der Waals surface area contributed by atoms with Gasteiger partial charge in [0, 0.05) is 39.8 Å². The lowest BCUT2D eigenvalue weighted by atomic mass is 9.70. The van der Waals surface area contributed by atoms with Gasteiger partial charge in [0.2, 0.25) is 5.91 Å². The van der Waals surface area contributed by atoms with Crippen molar-refractivity contribution in [2.45, 2.75) is 37.6 Å². The molecule has 1 amide bonds. The Kier molecular flexibility index (Phi) is 7.09. The third-order valence-corrected chi connectivity index (χ3v) is 6.45. The van der Waals surface area contributed by atoms with Crippen molar-refractivity contribution in [1.82, 2.24) is 9.80 Å². The van der Waals surface area contributed by atoms with Crippen LogP contribution in [0.2, 0.25) is 0 Å². The highest BCUT2D eigenvalue weighted by Gasteiger charge is 2.43. The summed E-state index contributed by atoms with van der Waals surface area (Å²) in [5.74, 6) is 0.442. The summed E-state index contributed by atoms with van der Waals surface area (Å²) in [5.41, 5.74) is 1.35. The summed E-state index contributed by atoms with van der Waals surface area (Å²) in [6, 6.07) is 20.8.